The van der Waals surface area contributed by atoms with Gasteiger partial charge in [-0.2, -0.15) is 0 Å². The minimum absolute atomic E-state index is 0.0846. The summed E-state index contributed by atoms with van der Waals surface area (Å²) in [6.07, 6.45) is 4.98. The molecule has 0 fully saturated rings. The maximum absolute atomic E-state index is 5.70. The maximum atomic E-state index is 5.70. The normalized spacial score (nSPS) is 19.3. The van der Waals surface area contributed by atoms with Crippen LogP contribution in [0.2, 0.25) is 0 Å². The highest BCUT2D eigenvalue weighted by Crippen LogP contribution is 2.31. The van der Waals surface area contributed by atoms with E-state index in [0.29, 0.717) is 5.88 Å². The minimum Gasteiger partial charge on any atom is -0.467 e. The van der Waals surface area contributed by atoms with Gasteiger partial charge in [0.2, 0.25) is 5.88 Å². The minimum atomic E-state index is -0.0846. The summed E-state index contributed by atoms with van der Waals surface area (Å²) >= 11 is 0. The Hall–Kier alpha value is -1.91. The third-order valence-electron chi connectivity index (χ3n) is 2.49. The maximum Gasteiger partial charge on any atom is 0.217 e. The van der Waals surface area contributed by atoms with Crippen molar-refractivity contribution in [2.75, 3.05) is 0 Å². The van der Waals surface area contributed by atoms with Gasteiger partial charge in [0.1, 0.15) is 11.8 Å². The standard InChI is InChI=1S/C10H9N3O2/c1-2-7-3-4-9(8-6-14-13-12-8)15-10(7)11-5-1/h1-2,5-6,9H,3-4H2. The molecule has 5 nitrogen and oxygen atoms in total. The van der Waals surface area contributed by atoms with Gasteiger partial charge in [0.15, 0.2) is 6.26 Å². The van der Waals surface area contributed by atoms with E-state index in [1.807, 2.05) is 12.1 Å². The molecule has 1 atom stereocenters. The van der Waals surface area contributed by atoms with Crippen molar-refractivity contribution in [1.82, 2.24) is 15.4 Å². The van der Waals surface area contributed by atoms with Crippen molar-refractivity contribution < 1.29 is 9.26 Å². The quantitative estimate of drug-likeness (QED) is 0.703. The number of nitrogens with zero attached hydrogens (tertiary/aromatic N) is 3. The Morgan fingerprint density at radius 3 is 3.27 bits per heavy atom. The second kappa shape index (κ2) is 3.34. The second-order valence-corrected chi connectivity index (χ2v) is 3.44. The zero-order valence-electron chi connectivity index (χ0n) is 7.96. The van der Waals surface area contributed by atoms with Crippen molar-refractivity contribution in [3.8, 4) is 5.88 Å². The van der Waals surface area contributed by atoms with Crippen LogP contribution in [0.1, 0.15) is 23.8 Å². The van der Waals surface area contributed by atoms with Gasteiger partial charge < -0.3 is 9.26 Å². The third-order valence-corrected chi connectivity index (χ3v) is 2.49. The first-order chi connectivity index (χ1) is 7.43. The number of pyridine rings is 1. The molecule has 0 aromatic carbocycles. The molecule has 15 heavy (non-hydrogen) atoms. The fourth-order valence-electron chi connectivity index (χ4n) is 1.72. The molecule has 5 heteroatoms. The number of rotatable bonds is 1. The first kappa shape index (κ1) is 8.40. The highest BCUT2D eigenvalue weighted by Gasteiger charge is 2.24. The van der Waals surface area contributed by atoms with Crippen molar-refractivity contribution in [2.45, 2.75) is 18.9 Å². The lowest BCUT2D eigenvalue weighted by atomic mass is 10.0. The van der Waals surface area contributed by atoms with Gasteiger partial charge in [-0.05, 0) is 18.9 Å². The summed E-state index contributed by atoms with van der Waals surface area (Å²) in [7, 11) is 0. The Kier molecular flexibility index (Phi) is 1.87. The van der Waals surface area contributed by atoms with E-state index in [0.717, 1.165) is 24.1 Å². The second-order valence-electron chi connectivity index (χ2n) is 3.44. The van der Waals surface area contributed by atoms with Crippen molar-refractivity contribution >= 4 is 0 Å². The molecule has 0 spiro atoms. The van der Waals surface area contributed by atoms with Crippen LogP contribution >= 0.6 is 0 Å². The Balaban J connectivity index is 1.89. The van der Waals surface area contributed by atoms with E-state index in [-0.39, 0.29) is 6.10 Å². The van der Waals surface area contributed by atoms with Gasteiger partial charge in [-0.1, -0.05) is 6.07 Å². The van der Waals surface area contributed by atoms with Crippen molar-refractivity contribution in [2.24, 2.45) is 0 Å². The Morgan fingerprint density at radius 2 is 2.40 bits per heavy atom. The van der Waals surface area contributed by atoms with Crippen LogP contribution in [0.15, 0.2) is 29.1 Å². The van der Waals surface area contributed by atoms with E-state index >= 15 is 0 Å². The fraction of sp³-hybridized carbons (Fsp3) is 0.300. The molecule has 0 bridgehead atoms. The molecule has 0 N–H and O–H groups in total. The smallest absolute Gasteiger partial charge is 0.217 e. The van der Waals surface area contributed by atoms with Crippen LogP contribution in [0.4, 0.5) is 0 Å². The molecule has 2 aromatic rings. The molecule has 0 saturated carbocycles. The van der Waals surface area contributed by atoms with Gasteiger partial charge in [-0.25, -0.2) is 4.98 Å². The van der Waals surface area contributed by atoms with E-state index in [2.05, 4.69) is 15.4 Å². The lowest BCUT2D eigenvalue weighted by molar-refractivity contribution is 0.163. The zero-order valence-corrected chi connectivity index (χ0v) is 7.96. The van der Waals surface area contributed by atoms with E-state index in [1.54, 1.807) is 6.20 Å². The van der Waals surface area contributed by atoms with Gasteiger partial charge in [0.05, 0.1) is 0 Å². The molecule has 2 aromatic heterocycles. The molecule has 0 aliphatic carbocycles. The molecule has 1 unspecified atom stereocenters. The summed E-state index contributed by atoms with van der Waals surface area (Å²) in [5, 5.41) is 7.27. The van der Waals surface area contributed by atoms with Crippen molar-refractivity contribution in [3.05, 3.63) is 35.9 Å². The van der Waals surface area contributed by atoms with E-state index in [1.165, 1.54) is 6.26 Å². The number of ether oxygens (including phenoxy) is 1. The lowest BCUT2D eigenvalue weighted by Crippen LogP contribution is -2.16. The van der Waals surface area contributed by atoms with Gasteiger partial charge in [-0.15, -0.1) is 5.10 Å². The Morgan fingerprint density at radius 1 is 1.40 bits per heavy atom. The predicted molar refractivity (Wildman–Crippen MR) is 50.2 cm³/mol. The summed E-state index contributed by atoms with van der Waals surface area (Å²) in [6.45, 7) is 0. The van der Waals surface area contributed by atoms with Crippen LogP contribution in [0, 0.1) is 0 Å². The number of hydrogen-bond acceptors (Lipinski definition) is 5. The molecular formula is C10H9N3O2. The van der Waals surface area contributed by atoms with Crippen LogP contribution < -0.4 is 4.74 Å². The molecule has 3 rings (SSSR count). The number of aryl methyl sites for hydroxylation is 1. The highest BCUT2D eigenvalue weighted by atomic mass is 16.5. The zero-order chi connectivity index (χ0) is 10.1. The average molecular weight is 203 g/mol. The Bertz CT molecular complexity index is 455. The summed E-state index contributed by atoms with van der Waals surface area (Å²) in [5.74, 6) is 0.691. The SMILES string of the molecule is c1cnc2c(c1)CCC(c1conn1)O2. The largest absolute Gasteiger partial charge is 0.467 e. The summed E-state index contributed by atoms with van der Waals surface area (Å²) in [5.41, 5.74) is 1.87. The first-order valence-electron chi connectivity index (χ1n) is 4.81. The monoisotopic (exact) mass is 203 g/mol. The predicted octanol–water partition coefficient (Wildman–Crippen LogP) is 1.53. The van der Waals surface area contributed by atoms with Gasteiger partial charge in [-0.3, -0.25) is 0 Å². The van der Waals surface area contributed by atoms with Crippen LogP contribution in [0.3, 0.4) is 0 Å². The Labute approximate surface area is 86.1 Å². The van der Waals surface area contributed by atoms with Gasteiger partial charge in [0, 0.05) is 17.0 Å². The number of hydrogen-bond donors (Lipinski definition) is 0. The number of aromatic nitrogens is 3. The van der Waals surface area contributed by atoms with E-state index in [4.69, 9.17) is 9.26 Å². The first-order valence-corrected chi connectivity index (χ1v) is 4.81. The van der Waals surface area contributed by atoms with E-state index in [9.17, 15) is 0 Å². The van der Waals surface area contributed by atoms with Gasteiger partial charge >= 0.3 is 0 Å². The average Bonchev–Trinajstić information content (AvgIpc) is 2.82. The van der Waals surface area contributed by atoms with Crippen LogP contribution in [-0.2, 0) is 6.42 Å². The summed E-state index contributed by atoms with van der Waals surface area (Å²) in [4.78, 5) is 4.18. The van der Waals surface area contributed by atoms with Crippen LogP contribution in [0.5, 0.6) is 5.88 Å². The van der Waals surface area contributed by atoms with Crippen LogP contribution in [-0.4, -0.2) is 15.4 Å². The van der Waals surface area contributed by atoms with Crippen molar-refractivity contribution in [1.29, 1.82) is 0 Å². The van der Waals surface area contributed by atoms with Crippen LogP contribution in [0.25, 0.3) is 0 Å². The topological polar surface area (TPSA) is 61.0 Å². The molecule has 0 saturated heterocycles. The highest BCUT2D eigenvalue weighted by molar-refractivity contribution is 5.28. The summed E-state index contributed by atoms with van der Waals surface area (Å²) in [6, 6.07) is 3.94. The molecule has 0 radical (unpaired) electrons. The molecule has 0 amide bonds. The van der Waals surface area contributed by atoms with Gasteiger partial charge in [0.25, 0.3) is 0 Å². The lowest BCUT2D eigenvalue weighted by Gasteiger charge is -2.22. The molecule has 1 aliphatic heterocycles. The molecule has 76 valence electrons. The molecule has 3 heterocycles. The van der Waals surface area contributed by atoms with Crippen molar-refractivity contribution in [3.63, 3.8) is 0 Å². The number of fused-ring (bicyclic) bond motifs is 1. The summed E-state index contributed by atoms with van der Waals surface area (Å²) < 4.78 is 10.4. The third kappa shape index (κ3) is 1.45. The fourth-order valence-corrected chi connectivity index (χ4v) is 1.72. The molecular weight excluding hydrogens is 194 g/mol. The van der Waals surface area contributed by atoms with E-state index < -0.39 is 0 Å². The molecule has 1 aliphatic rings.